The summed E-state index contributed by atoms with van der Waals surface area (Å²) in [5.41, 5.74) is 3.68. The van der Waals surface area contributed by atoms with Gasteiger partial charge in [0.1, 0.15) is 0 Å². The zero-order chi connectivity index (χ0) is 17.3. The van der Waals surface area contributed by atoms with Crippen LogP contribution in [0.25, 0.3) is 10.8 Å². The standard InChI is InChI=1S/C21H22N2O/c1-22(2)18-12-8-11-16-17(13-14-19(20(16)18)23(3)4)21(24)15-9-6-5-7-10-15/h5-14H,1-4H3. The van der Waals surface area contributed by atoms with Crippen LogP contribution in [0.1, 0.15) is 15.9 Å². The Morgan fingerprint density at radius 2 is 1.33 bits per heavy atom. The molecule has 3 aromatic carbocycles. The maximum absolute atomic E-state index is 13.0. The SMILES string of the molecule is CN(C)c1cccc2c(C(=O)c3ccccc3)ccc(N(C)C)c12. The van der Waals surface area contributed by atoms with Gasteiger partial charge in [0.05, 0.1) is 0 Å². The van der Waals surface area contributed by atoms with Crippen molar-refractivity contribution in [3.8, 4) is 0 Å². The molecule has 24 heavy (non-hydrogen) atoms. The topological polar surface area (TPSA) is 23.6 Å². The smallest absolute Gasteiger partial charge is 0.193 e. The van der Waals surface area contributed by atoms with Crippen molar-refractivity contribution in [2.45, 2.75) is 0 Å². The fourth-order valence-corrected chi connectivity index (χ4v) is 3.06. The second kappa shape index (κ2) is 6.36. The number of nitrogens with zero attached hydrogens (tertiary/aromatic N) is 2. The number of fused-ring (bicyclic) bond motifs is 1. The predicted molar refractivity (Wildman–Crippen MR) is 102 cm³/mol. The predicted octanol–water partition coefficient (Wildman–Crippen LogP) is 4.20. The summed E-state index contributed by atoms with van der Waals surface area (Å²) in [7, 11) is 8.11. The van der Waals surface area contributed by atoms with Crippen molar-refractivity contribution in [2.75, 3.05) is 38.0 Å². The second-order valence-corrected chi connectivity index (χ2v) is 6.32. The third kappa shape index (κ3) is 2.73. The molecule has 0 bridgehead atoms. The number of ketones is 1. The second-order valence-electron chi connectivity index (χ2n) is 6.32. The minimum atomic E-state index is 0.0572. The molecule has 0 radical (unpaired) electrons. The zero-order valence-corrected chi connectivity index (χ0v) is 14.6. The summed E-state index contributed by atoms with van der Waals surface area (Å²) in [6, 6.07) is 19.6. The van der Waals surface area contributed by atoms with E-state index in [0.717, 1.165) is 27.7 Å². The number of carbonyl (C=O) groups excluding carboxylic acids is 1. The highest BCUT2D eigenvalue weighted by atomic mass is 16.1. The molecule has 0 N–H and O–H groups in total. The summed E-state index contributed by atoms with van der Waals surface area (Å²) in [4.78, 5) is 17.2. The van der Waals surface area contributed by atoms with Gasteiger partial charge in [-0.05, 0) is 23.6 Å². The van der Waals surface area contributed by atoms with Crippen LogP contribution < -0.4 is 9.80 Å². The summed E-state index contributed by atoms with van der Waals surface area (Å²) in [6.07, 6.45) is 0. The highest BCUT2D eigenvalue weighted by Crippen LogP contribution is 2.36. The molecular formula is C21H22N2O. The molecule has 0 aliphatic carbocycles. The molecular weight excluding hydrogens is 296 g/mol. The first kappa shape index (κ1) is 16.1. The molecule has 0 atom stereocenters. The number of anilines is 2. The van der Waals surface area contributed by atoms with E-state index in [9.17, 15) is 4.79 Å². The van der Waals surface area contributed by atoms with E-state index in [2.05, 4.69) is 15.9 Å². The van der Waals surface area contributed by atoms with Crippen molar-refractivity contribution < 1.29 is 4.79 Å². The quantitative estimate of drug-likeness (QED) is 0.674. The fourth-order valence-electron chi connectivity index (χ4n) is 3.06. The van der Waals surface area contributed by atoms with Crippen molar-refractivity contribution in [3.05, 3.63) is 71.8 Å². The fraction of sp³-hybridized carbons (Fsp3) is 0.190. The Kier molecular flexibility index (Phi) is 4.26. The Morgan fingerprint density at radius 1 is 0.708 bits per heavy atom. The first-order valence-electron chi connectivity index (χ1n) is 8.01. The molecule has 0 saturated heterocycles. The zero-order valence-electron chi connectivity index (χ0n) is 14.6. The van der Waals surface area contributed by atoms with E-state index in [1.54, 1.807) is 0 Å². The average molecular weight is 318 g/mol. The number of benzene rings is 3. The van der Waals surface area contributed by atoms with Crippen LogP contribution in [0.2, 0.25) is 0 Å². The molecule has 0 unspecified atom stereocenters. The van der Waals surface area contributed by atoms with E-state index in [-0.39, 0.29) is 5.78 Å². The van der Waals surface area contributed by atoms with E-state index >= 15 is 0 Å². The lowest BCUT2D eigenvalue weighted by Gasteiger charge is -2.23. The maximum Gasteiger partial charge on any atom is 0.193 e. The number of rotatable bonds is 4. The van der Waals surface area contributed by atoms with Crippen LogP contribution in [-0.2, 0) is 0 Å². The van der Waals surface area contributed by atoms with E-state index in [1.165, 1.54) is 0 Å². The van der Waals surface area contributed by atoms with Gasteiger partial charge in [-0.2, -0.15) is 0 Å². The lowest BCUT2D eigenvalue weighted by molar-refractivity contribution is 0.104. The molecule has 0 aromatic heterocycles. The number of carbonyl (C=O) groups is 1. The normalized spacial score (nSPS) is 10.7. The summed E-state index contributed by atoms with van der Waals surface area (Å²) in [5, 5.41) is 2.09. The molecule has 3 heteroatoms. The van der Waals surface area contributed by atoms with Crippen LogP contribution >= 0.6 is 0 Å². The van der Waals surface area contributed by atoms with Crippen LogP contribution in [0.15, 0.2) is 60.7 Å². The van der Waals surface area contributed by atoms with E-state index < -0.39 is 0 Å². The highest BCUT2D eigenvalue weighted by molar-refractivity contribution is 6.20. The maximum atomic E-state index is 13.0. The van der Waals surface area contributed by atoms with Gasteiger partial charge < -0.3 is 9.80 Å². The molecule has 122 valence electrons. The molecule has 0 fully saturated rings. The van der Waals surface area contributed by atoms with Gasteiger partial charge in [-0.25, -0.2) is 0 Å². The first-order chi connectivity index (χ1) is 11.5. The summed E-state index contributed by atoms with van der Waals surface area (Å²) in [6.45, 7) is 0. The van der Waals surface area contributed by atoms with Gasteiger partial charge >= 0.3 is 0 Å². The Balaban J connectivity index is 2.30. The third-order valence-corrected chi connectivity index (χ3v) is 4.24. The van der Waals surface area contributed by atoms with Gasteiger partial charge in [-0.3, -0.25) is 4.79 Å². The monoisotopic (exact) mass is 318 g/mol. The Morgan fingerprint density at radius 3 is 1.96 bits per heavy atom. The van der Waals surface area contributed by atoms with Gasteiger partial charge in [-0.15, -0.1) is 0 Å². The summed E-state index contributed by atoms with van der Waals surface area (Å²) < 4.78 is 0. The molecule has 0 spiro atoms. The Labute approximate surface area is 143 Å². The molecule has 0 aliphatic heterocycles. The van der Waals surface area contributed by atoms with Crippen molar-refractivity contribution in [3.63, 3.8) is 0 Å². The van der Waals surface area contributed by atoms with Crippen LogP contribution in [0.4, 0.5) is 11.4 Å². The molecule has 3 nitrogen and oxygen atoms in total. The van der Waals surface area contributed by atoms with Crippen molar-refractivity contribution >= 4 is 27.9 Å². The van der Waals surface area contributed by atoms with Gasteiger partial charge in [-0.1, -0.05) is 42.5 Å². The molecule has 3 aromatic rings. The minimum absolute atomic E-state index is 0.0572. The van der Waals surface area contributed by atoms with E-state index in [4.69, 9.17) is 0 Å². The van der Waals surface area contributed by atoms with Crippen molar-refractivity contribution in [2.24, 2.45) is 0 Å². The number of hydrogen-bond donors (Lipinski definition) is 0. The van der Waals surface area contributed by atoms with Crippen LogP contribution in [0, 0.1) is 0 Å². The summed E-state index contributed by atoms with van der Waals surface area (Å²) in [5.74, 6) is 0.0572. The Hall–Kier alpha value is -2.81. The van der Waals surface area contributed by atoms with E-state index in [0.29, 0.717) is 5.56 Å². The largest absolute Gasteiger partial charge is 0.377 e. The lowest BCUT2D eigenvalue weighted by Crippen LogP contribution is -2.14. The molecule has 3 rings (SSSR count). The summed E-state index contributed by atoms with van der Waals surface area (Å²) >= 11 is 0. The van der Waals surface area contributed by atoms with Gasteiger partial charge in [0.15, 0.2) is 5.78 Å². The number of hydrogen-bond acceptors (Lipinski definition) is 3. The van der Waals surface area contributed by atoms with Crippen LogP contribution in [-0.4, -0.2) is 34.0 Å². The van der Waals surface area contributed by atoms with Gasteiger partial charge in [0.25, 0.3) is 0 Å². The van der Waals surface area contributed by atoms with Crippen LogP contribution in [0.3, 0.4) is 0 Å². The van der Waals surface area contributed by atoms with E-state index in [1.807, 2.05) is 82.8 Å². The molecule has 0 saturated carbocycles. The van der Waals surface area contributed by atoms with Gasteiger partial charge in [0, 0.05) is 56.1 Å². The first-order valence-corrected chi connectivity index (χ1v) is 8.01. The molecule has 0 aliphatic rings. The lowest BCUT2D eigenvalue weighted by atomic mass is 9.95. The average Bonchev–Trinajstić information content (AvgIpc) is 2.60. The minimum Gasteiger partial charge on any atom is -0.377 e. The van der Waals surface area contributed by atoms with Crippen molar-refractivity contribution in [1.29, 1.82) is 0 Å². The van der Waals surface area contributed by atoms with Gasteiger partial charge in [0.2, 0.25) is 0 Å². The Bertz CT molecular complexity index is 869. The highest BCUT2D eigenvalue weighted by Gasteiger charge is 2.17. The third-order valence-electron chi connectivity index (χ3n) is 4.24. The molecule has 0 amide bonds. The van der Waals surface area contributed by atoms with Crippen molar-refractivity contribution in [1.82, 2.24) is 0 Å². The van der Waals surface area contributed by atoms with Crippen LogP contribution in [0.5, 0.6) is 0 Å². The molecule has 0 heterocycles.